The smallest absolute Gasteiger partial charge is 0.338 e. The molecule has 0 radical (unpaired) electrons. The van der Waals surface area contributed by atoms with Crippen LogP contribution >= 0.6 is 22.9 Å². The van der Waals surface area contributed by atoms with E-state index in [0.29, 0.717) is 11.3 Å². The van der Waals surface area contributed by atoms with Crippen LogP contribution in [0.1, 0.15) is 31.0 Å². The van der Waals surface area contributed by atoms with Gasteiger partial charge in [0.25, 0.3) is 11.2 Å². The number of phenols is 2. The van der Waals surface area contributed by atoms with Crippen LogP contribution in [0.25, 0.3) is 6.08 Å². The van der Waals surface area contributed by atoms with Crippen molar-refractivity contribution in [3.8, 4) is 17.2 Å². The fourth-order valence-corrected chi connectivity index (χ4v) is 5.18. The zero-order chi connectivity index (χ0) is 27.0. The Hall–Kier alpha value is -4.16. The number of carbonyl (C=O) groups excluding carboxylic acids is 1. The van der Waals surface area contributed by atoms with Crippen molar-refractivity contribution in [3.05, 3.63) is 87.6 Å². The van der Waals surface area contributed by atoms with Crippen molar-refractivity contribution >= 4 is 40.7 Å². The van der Waals surface area contributed by atoms with Crippen molar-refractivity contribution in [1.82, 2.24) is 4.57 Å². The van der Waals surface area contributed by atoms with Crippen LogP contribution in [0.4, 0.5) is 5.69 Å². The molecule has 0 spiro atoms. The lowest BCUT2D eigenvalue weighted by Gasteiger charge is -2.25. The molecule has 37 heavy (non-hydrogen) atoms. The molecule has 1 aromatic heterocycles. The number of hydrogen-bond acceptors (Lipinski definition) is 10. The summed E-state index contributed by atoms with van der Waals surface area (Å²) in [5.41, 5.74) is -0.0342. The number of thiazole rings is 1. The number of methoxy groups -OCH3 is 1. The Morgan fingerprint density at radius 2 is 2.05 bits per heavy atom. The van der Waals surface area contributed by atoms with Crippen LogP contribution in [0.2, 0.25) is 5.02 Å². The van der Waals surface area contributed by atoms with Crippen molar-refractivity contribution in [2.24, 2.45) is 4.99 Å². The van der Waals surface area contributed by atoms with E-state index < -0.39 is 22.5 Å². The predicted octanol–water partition coefficient (Wildman–Crippen LogP) is 2.78. The molecule has 2 heterocycles. The largest absolute Gasteiger partial charge is 0.507 e. The molecule has 0 bridgehead atoms. The Kier molecular flexibility index (Phi) is 7.05. The van der Waals surface area contributed by atoms with Crippen LogP contribution in [0.5, 0.6) is 17.2 Å². The third-order valence-electron chi connectivity index (χ3n) is 5.61. The quantitative estimate of drug-likeness (QED) is 0.272. The number of nitro groups is 1. The number of nitrogens with zero attached hydrogens (tertiary/aromatic N) is 3. The molecule has 0 fully saturated rings. The fourth-order valence-electron chi connectivity index (χ4n) is 3.93. The summed E-state index contributed by atoms with van der Waals surface area (Å²) >= 11 is 7.19. The van der Waals surface area contributed by atoms with Gasteiger partial charge in [0.2, 0.25) is 0 Å². The first-order valence-corrected chi connectivity index (χ1v) is 12.0. The minimum atomic E-state index is -1.04. The Bertz CT molecular complexity index is 1660. The lowest BCUT2D eigenvalue weighted by molar-refractivity contribution is -0.384. The van der Waals surface area contributed by atoms with E-state index in [2.05, 4.69) is 4.99 Å². The molecular weight excluding hydrogens is 526 g/mol. The summed E-state index contributed by atoms with van der Waals surface area (Å²) in [5.74, 6) is -1.22. The lowest BCUT2D eigenvalue weighted by atomic mass is 9.95. The molecule has 0 saturated carbocycles. The highest BCUT2D eigenvalue weighted by molar-refractivity contribution is 7.07. The monoisotopic (exact) mass is 545 g/mol. The molecule has 0 amide bonds. The van der Waals surface area contributed by atoms with Crippen molar-refractivity contribution in [3.63, 3.8) is 0 Å². The van der Waals surface area contributed by atoms with Gasteiger partial charge < -0.3 is 19.7 Å². The molecule has 1 aliphatic heterocycles. The maximum atomic E-state index is 13.6. The van der Waals surface area contributed by atoms with Crippen molar-refractivity contribution in [1.29, 1.82) is 0 Å². The third kappa shape index (κ3) is 4.68. The number of non-ortho nitro benzene ring substituents is 1. The molecule has 0 unspecified atom stereocenters. The number of phenolic OH excluding ortho intramolecular Hbond substituents is 2. The Labute approximate surface area is 218 Å². The molecule has 11 nitrogen and oxygen atoms in total. The molecule has 2 aromatic carbocycles. The summed E-state index contributed by atoms with van der Waals surface area (Å²) in [4.78, 5) is 41.9. The highest BCUT2D eigenvalue weighted by Gasteiger charge is 2.34. The van der Waals surface area contributed by atoms with Gasteiger partial charge in [-0.25, -0.2) is 9.79 Å². The van der Waals surface area contributed by atoms with Gasteiger partial charge in [-0.3, -0.25) is 19.5 Å². The van der Waals surface area contributed by atoms with Crippen LogP contribution in [-0.2, 0) is 9.53 Å². The maximum Gasteiger partial charge on any atom is 0.338 e. The third-order valence-corrected chi connectivity index (χ3v) is 6.88. The number of carbonyl (C=O) groups is 1. The zero-order valence-electron chi connectivity index (χ0n) is 19.7. The number of hydrogen-bond donors (Lipinski definition) is 2. The number of halogens is 1. The molecule has 0 aliphatic carbocycles. The molecule has 0 saturated heterocycles. The first-order chi connectivity index (χ1) is 17.6. The van der Waals surface area contributed by atoms with Gasteiger partial charge in [-0.15, -0.1) is 0 Å². The first-order valence-electron chi connectivity index (χ1n) is 10.8. The minimum absolute atomic E-state index is 0.0315. The van der Waals surface area contributed by atoms with Gasteiger partial charge in [0.15, 0.2) is 16.3 Å². The van der Waals surface area contributed by atoms with E-state index in [0.717, 1.165) is 29.5 Å². The van der Waals surface area contributed by atoms with Crippen molar-refractivity contribution < 1.29 is 29.4 Å². The van der Waals surface area contributed by atoms with Gasteiger partial charge in [-0.05, 0) is 43.7 Å². The van der Waals surface area contributed by atoms with Crippen LogP contribution < -0.4 is 19.6 Å². The van der Waals surface area contributed by atoms with Gasteiger partial charge in [0.1, 0.15) is 5.75 Å². The van der Waals surface area contributed by atoms with Crippen LogP contribution in [0, 0.1) is 10.1 Å². The summed E-state index contributed by atoms with van der Waals surface area (Å²) < 4.78 is 11.8. The average molecular weight is 546 g/mol. The van der Waals surface area contributed by atoms with Gasteiger partial charge in [0, 0.05) is 17.7 Å². The molecular formula is C24H20ClN3O8S. The van der Waals surface area contributed by atoms with E-state index in [1.807, 2.05) is 0 Å². The van der Waals surface area contributed by atoms with E-state index in [9.17, 15) is 29.9 Å². The summed E-state index contributed by atoms with van der Waals surface area (Å²) in [7, 11) is 1.33. The maximum absolute atomic E-state index is 13.6. The molecule has 1 atom stereocenters. The molecule has 2 N–H and O–H groups in total. The van der Waals surface area contributed by atoms with E-state index in [1.54, 1.807) is 13.8 Å². The summed E-state index contributed by atoms with van der Waals surface area (Å²) in [6.45, 7) is 3.32. The Morgan fingerprint density at radius 1 is 1.32 bits per heavy atom. The van der Waals surface area contributed by atoms with Gasteiger partial charge in [0.05, 0.1) is 45.5 Å². The number of rotatable bonds is 6. The Morgan fingerprint density at radius 3 is 2.70 bits per heavy atom. The summed E-state index contributed by atoms with van der Waals surface area (Å²) in [6, 6.07) is 5.27. The normalized spacial score (nSPS) is 15.2. The number of ether oxygens (including phenoxy) is 2. The van der Waals surface area contributed by atoms with E-state index in [4.69, 9.17) is 21.1 Å². The number of aromatic nitrogens is 1. The minimum Gasteiger partial charge on any atom is -0.507 e. The fraction of sp³-hybridized carbons (Fsp3) is 0.208. The molecule has 192 valence electrons. The second-order valence-corrected chi connectivity index (χ2v) is 9.27. The number of fused-ring (bicyclic) bond motifs is 1. The number of benzene rings is 2. The second-order valence-electron chi connectivity index (χ2n) is 7.86. The summed E-state index contributed by atoms with van der Waals surface area (Å²) in [5, 5.41) is 31.6. The highest BCUT2D eigenvalue weighted by atomic mass is 35.5. The topological polar surface area (TPSA) is 153 Å². The highest BCUT2D eigenvalue weighted by Crippen LogP contribution is 2.40. The number of esters is 1. The molecule has 4 rings (SSSR count). The molecule has 3 aromatic rings. The van der Waals surface area contributed by atoms with E-state index in [-0.39, 0.29) is 55.0 Å². The van der Waals surface area contributed by atoms with Crippen LogP contribution in [0.15, 0.2) is 51.4 Å². The lowest BCUT2D eigenvalue weighted by Crippen LogP contribution is -2.40. The van der Waals surface area contributed by atoms with Crippen molar-refractivity contribution in [2.75, 3.05) is 13.7 Å². The van der Waals surface area contributed by atoms with Crippen LogP contribution in [-0.4, -0.2) is 39.4 Å². The molecule has 13 heteroatoms. The second kappa shape index (κ2) is 10.1. The van der Waals surface area contributed by atoms with E-state index in [1.165, 1.54) is 29.9 Å². The SMILES string of the molecule is CCOC(=O)C1=C(C)N=c2s/c(=C/c3cc([N+](=O)[O-])ccc3O)c(=O)n2[C@@H]1c1cc(Cl)c(O)c(OC)c1. The van der Waals surface area contributed by atoms with Gasteiger partial charge >= 0.3 is 5.97 Å². The summed E-state index contributed by atoms with van der Waals surface area (Å²) in [6.07, 6.45) is 1.32. The number of nitro benzene ring substituents is 1. The zero-order valence-corrected chi connectivity index (χ0v) is 21.3. The average Bonchev–Trinajstić information content (AvgIpc) is 3.15. The van der Waals surface area contributed by atoms with E-state index >= 15 is 0 Å². The van der Waals surface area contributed by atoms with Gasteiger partial charge in [-0.1, -0.05) is 22.9 Å². The molecule has 1 aliphatic rings. The van der Waals surface area contributed by atoms with Crippen molar-refractivity contribution in [2.45, 2.75) is 19.9 Å². The number of aromatic hydroxyl groups is 2. The van der Waals surface area contributed by atoms with Crippen LogP contribution in [0.3, 0.4) is 0 Å². The predicted molar refractivity (Wildman–Crippen MR) is 135 cm³/mol. The Balaban J connectivity index is 2.01. The first kappa shape index (κ1) is 25.9. The van der Waals surface area contributed by atoms with Gasteiger partial charge in [-0.2, -0.15) is 0 Å². The number of allylic oxidation sites excluding steroid dienone is 1. The standard InChI is InChI=1S/C24H20ClN3O8S/c1-4-36-23(32)19-11(2)26-24-27(20(19)13-8-15(25)21(30)17(9-13)35-3)22(31)18(37-24)10-12-7-14(28(33)34)5-6-16(12)29/h5-10,20,29-30H,4H2,1-3H3/b18-10+/t20-/m1/s1.